The number of benzene rings is 5. The molecule has 0 amide bonds. The molecule has 272 valence electrons. The SMILES string of the molecule is Cc1ccc2cc(-c3cc(OC(S)N(C)C)c(-c4cc5ccc(C)cc5cc4OC(=S)N(C)C)cc3OC(=S)N(C)C)c(OC(=S)N(C)C)cc2c1. The van der Waals surface area contributed by atoms with Gasteiger partial charge in [0.25, 0.3) is 15.5 Å². The average molecular weight is 773 g/mol. The van der Waals surface area contributed by atoms with Crippen LogP contribution in [0.25, 0.3) is 43.8 Å². The van der Waals surface area contributed by atoms with Crippen molar-refractivity contribution >= 4 is 86.4 Å². The first kappa shape index (κ1) is 39.0. The van der Waals surface area contributed by atoms with Crippen LogP contribution in [0.5, 0.6) is 23.0 Å². The summed E-state index contributed by atoms with van der Waals surface area (Å²) in [6.45, 7) is 4.12. The number of rotatable bonds is 8. The number of fused-ring (bicyclic) bond motifs is 2. The van der Waals surface area contributed by atoms with Crippen molar-refractivity contribution in [2.75, 3.05) is 56.4 Å². The molecule has 0 aliphatic rings. The molecule has 0 aliphatic carbocycles. The predicted octanol–water partition coefficient (Wildman–Crippen LogP) is 8.77. The van der Waals surface area contributed by atoms with Crippen LogP contribution >= 0.6 is 49.3 Å². The summed E-state index contributed by atoms with van der Waals surface area (Å²) < 4.78 is 26.0. The van der Waals surface area contributed by atoms with E-state index in [4.69, 9.17) is 68.2 Å². The molecule has 0 heterocycles. The van der Waals surface area contributed by atoms with Crippen LogP contribution in [0.15, 0.2) is 72.8 Å². The van der Waals surface area contributed by atoms with Gasteiger partial charge in [-0.25, -0.2) is 0 Å². The summed E-state index contributed by atoms with van der Waals surface area (Å²) in [7, 11) is 14.9. The number of thiol groups is 1. The number of aryl methyl sites for hydroxylation is 2. The quantitative estimate of drug-likeness (QED) is 0.0937. The molecular formula is C40H44N4O4S4. The number of hydrogen-bond donors (Lipinski definition) is 1. The Morgan fingerprint density at radius 2 is 0.827 bits per heavy atom. The summed E-state index contributed by atoms with van der Waals surface area (Å²) >= 11 is 21.8. The lowest BCUT2D eigenvalue weighted by atomic mass is 9.93. The molecule has 0 saturated carbocycles. The molecule has 1 atom stereocenters. The topological polar surface area (TPSA) is 49.9 Å². The number of thiocarbonyl (C=S) groups is 3. The Balaban J connectivity index is 1.88. The molecule has 5 rings (SSSR count). The van der Waals surface area contributed by atoms with Gasteiger partial charge < -0.3 is 33.6 Å². The normalized spacial score (nSPS) is 11.7. The van der Waals surface area contributed by atoms with Crippen LogP contribution in [-0.4, -0.2) is 97.1 Å². The highest BCUT2D eigenvalue weighted by Crippen LogP contribution is 2.48. The smallest absolute Gasteiger partial charge is 0.264 e. The van der Waals surface area contributed by atoms with Gasteiger partial charge in [-0.2, -0.15) is 0 Å². The van der Waals surface area contributed by atoms with E-state index in [0.29, 0.717) is 44.5 Å². The van der Waals surface area contributed by atoms with Gasteiger partial charge in [0, 0.05) is 64.5 Å². The first-order valence-electron chi connectivity index (χ1n) is 16.5. The summed E-state index contributed by atoms with van der Waals surface area (Å²) in [6, 6.07) is 24.6. The van der Waals surface area contributed by atoms with Gasteiger partial charge in [0.2, 0.25) is 0 Å². The van der Waals surface area contributed by atoms with E-state index < -0.39 is 5.56 Å². The van der Waals surface area contributed by atoms with Gasteiger partial charge in [-0.1, -0.05) is 47.5 Å². The number of hydrogen-bond acceptors (Lipinski definition) is 9. The lowest BCUT2D eigenvalue weighted by Gasteiger charge is -2.26. The summed E-state index contributed by atoms with van der Waals surface area (Å²) in [5.74, 6) is 2.09. The summed E-state index contributed by atoms with van der Waals surface area (Å²) in [4.78, 5) is 7.10. The lowest BCUT2D eigenvalue weighted by Crippen LogP contribution is -2.28. The highest BCUT2D eigenvalue weighted by molar-refractivity contribution is 7.80. The third kappa shape index (κ3) is 8.87. The van der Waals surface area contributed by atoms with Crippen LogP contribution in [0, 0.1) is 13.8 Å². The molecule has 0 fully saturated rings. The van der Waals surface area contributed by atoms with Crippen LogP contribution in [0.2, 0.25) is 0 Å². The Hall–Kier alpha value is -4.20. The fourth-order valence-electron chi connectivity index (χ4n) is 5.32. The largest absolute Gasteiger partial charge is 0.465 e. The summed E-state index contributed by atoms with van der Waals surface area (Å²) in [6.07, 6.45) is 0. The minimum absolute atomic E-state index is 0.267. The Kier molecular flexibility index (Phi) is 12.2. The Morgan fingerprint density at radius 1 is 0.481 bits per heavy atom. The molecule has 8 nitrogen and oxygen atoms in total. The van der Waals surface area contributed by atoms with E-state index >= 15 is 0 Å². The van der Waals surface area contributed by atoms with E-state index in [-0.39, 0.29) is 5.17 Å². The number of ether oxygens (including phenoxy) is 4. The van der Waals surface area contributed by atoms with E-state index in [9.17, 15) is 0 Å². The molecule has 5 aromatic carbocycles. The summed E-state index contributed by atoms with van der Waals surface area (Å²) in [5, 5.41) is 4.92. The van der Waals surface area contributed by atoms with Gasteiger partial charge in [-0.05, 0) is 123 Å². The molecule has 0 aromatic heterocycles. The van der Waals surface area contributed by atoms with Crippen molar-refractivity contribution in [3.8, 4) is 45.3 Å². The van der Waals surface area contributed by atoms with E-state index in [0.717, 1.165) is 43.8 Å². The van der Waals surface area contributed by atoms with Gasteiger partial charge in [-0.3, -0.25) is 4.90 Å². The fraction of sp³-hybridized carbons (Fsp3) is 0.275. The molecule has 0 radical (unpaired) electrons. The van der Waals surface area contributed by atoms with Crippen molar-refractivity contribution < 1.29 is 18.9 Å². The minimum atomic E-state index is -0.604. The van der Waals surface area contributed by atoms with Crippen molar-refractivity contribution in [3.63, 3.8) is 0 Å². The van der Waals surface area contributed by atoms with E-state index in [1.807, 2.05) is 85.5 Å². The molecule has 0 aliphatic heterocycles. The second-order valence-electron chi connectivity index (χ2n) is 13.4. The standard InChI is InChI=1S/C40H44N4O4S4/c1-23-11-13-25-17-29(33(19-27(25)15-23)45-37(49)41(3)4)31-21-36(48-40(52)44(9)10)32(22-35(31)47-39(51)43(7)8)30-18-26-14-12-24(2)16-28(26)20-34(30)46-38(50)42(5)6/h11-22,39,51H,1-10H3. The maximum absolute atomic E-state index is 6.65. The Bertz CT molecular complexity index is 2190. The molecule has 0 bridgehead atoms. The second kappa shape index (κ2) is 16.2. The van der Waals surface area contributed by atoms with Crippen LogP contribution in [0.1, 0.15) is 11.1 Å². The molecule has 0 N–H and O–H groups in total. The first-order chi connectivity index (χ1) is 24.5. The zero-order valence-electron chi connectivity index (χ0n) is 31.1. The molecule has 12 heteroatoms. The second-order valence-corrected chi connectivity index (χ2v) is 14.9. The summed E-state index contributed by atoms with van der Waals surface area (Å²) in [5.41, 5.74) is 4.47. The van der Waals surface area contributed by atoms with Gasteiger partial charge in [0.15, 0.2) is 5.56 Å². The molecule has 1 unspecified atom stereocenters. The Morgan fingerprint density at radius 3 is 1.21 bits per heavy atom. The van der Waals surface area contributed by atoms with Crippen molar-refractivity contribution in [2.45, 2.75) is 19.4 Å². The van der Waals surface area contributed by atoms with Gasteiger partial charge in [-0.15, -0.1) is 12.6 Å². The van der Waals surface area contributed by atoms with E-state index in [2.05, 4.69) is 62.4 Å². The maximum Gasteiger partial charge on any atom is 0.264 e. The van der Waals surface area contributed by atoms with Crippen molar-refractivity contribution in [1.82, 2.24) is 19.6 Å². The molecule has 52 heavy (non-hydrogen) atoms. The molecule has 0 saturated heterocycles. The zero-order valence-corrected chi connectivity index (χ0v) is 34.4. The minimum Gasteiger partial charge on any atom is -0.465 e. The van der Waals surface area contributed by atoms with Gasteiger partial charge in [0.05, 0.1) is 0 Å². The predicted molar refractivity (Wildman–Crippen MR) is 230 cm³/mol. The third-order valence-corrected chi connectivity index (χ3v) is 10.1. The van der Waals surface area contributed by atoms with Crippen molar-refractivity contribution in [1.29, 1.82) is 0 Å². The first-order valence-corrected chi connectivity index (χ1v) is 18.2. The van der Waals surface area contributed by atoms with Crippen LogP contribution in [0.3, 0.4) is 0 Å². The lowest BCUT2D eigenvalue weighted by molar-refractivity contribution is 0.147. The van der Waals surface area contributed by atoms with Gasteiger partial charge in [0.1, 0.15) is 23.0 Å². The van der Waals surface area contributed by atoms with Crippen molar-refractivity contribution in [3.05, 3.63) is 83.9 Å². The monoisotopic (exact) mass is 772 g/mol. The highest BCUT2D eigenvalue weighted by Gasteiger charge is 2.25. The van der Waals surface area contributed by atoms with E-state index in [1.165, 1.54) is 0 Å². The third-order valence-electron chi connectivity index (χ3n) is 8.21. The zero-order chi connectivity index (χ0) is 38.0. The Labute approximate surface area is 328 Å². The van der Waals surface area contributed by atoms with Crippen LogP contribution < -0.4 is 18.9 Å². The maximum atomic E-state index is 6.65. The van der Waals surface area contributed by atoms with Crippen LogP contribution in [0.4, 0.5) is 0 Å². The van der Waals surface area contributed by atoms with Crippen molar-refractivity contribution in [2.24, 2.45) is 0 Å². The van der Waals surface area contributed by atoms with Gasteiger partial charge >= 0.3 is 0 Å². The fourth-order valence-corrected chi connectivity index (χ4v) is 5.70. The molecule has 5 aromatic rings. The van der Waals surface area contributed by atoms with E-state index in [1.54, 1.807) is 14.7 Å². The number of nitrogens with zero attached hydrogens (tertiary/aromatic N) is 4. The highest BCUT2D eigenvalue weighted by atomic mass is 32.1. The molecule has 0 spiro atoms. The average Bonchev–Trinajstić information content (AvgIpc) is 3.07. The molecular weight excluding hydrogens is 729 g/mol. The van der Waals surface area contributed by atoms with Crippen LogP contribution in [-0.2, 0) is 0 Å².